The van der Waals surface area contributed by atoms with Crippen LogP contribution < -0.4 is 10.6 Å². The maximum absolute atomic E-state index is 11.6. The van der Waals surface area contributed by atoms with Crippen molar-refractivity contribution in [2.24, 2.45) is 0 Å². The largest absolute Gasteiger partial charge is 0.393 e. The minimum absolute atomic E-state index is 0.0138. The second-order valence-corrected chi connectivity index (χ2v) is 4.27. The maximum Gasteiger partial charge on any atom is 0.239 e. The Morgan fingerprint density at radius 3 is 2.53 bits per heavy atom. The van der Waals surface area contributed by atoms with E-state index in [1.165, 1.54) is 0 Å². The van der Waals surface area contributed by atoms with Crippen LogP contribution >= 0.6 is 0 Å². The number of amides is 1. The lowest BCUT2D eigenvalue weighted by atomic mass is 10.1. The number of carbonyl (C=O) groups excluding carboxylic acids is 1. The van der Waals surface area contributed by atoms with Gasteiger partial charge >= 0.3 is 0 Å². The van der Waals surface area contributed by atoms with E-state index in [9.17, 15) is 9.90 Å². The van der Waals surface area contributed by atoms with Crippen LogP contribution in [0.3, 0.4) is 0 Å². The van der Waals surface area contributed by atoms with E-state index in [1.807, 2.05) is 37.3 Å². The molecule has 1 aromatic carbocycles. The SMILES string of the molecule is CC(O)CC(C)NC(=O)CNc1ccccc1. The van der Waals surface area contributed by atoms with Gasteiger partial charge in [-0.1, -0.05) is 18.2 Å². The molecule has 0 saturated heterocycles. The highest BCUT2D eigenvalue weighted by Crippen LogP contribution is 2.03. The highest BCUT2D eigenvalue weighted by atomic mass is 16.3. The van der Waals surface area contributed by atoms with Gasteiger partial charge in [-0.2, -0.15) is 0 Å². The second-order valence-electron chi connectivity index (χ2n) is 4.27. The molecule has 0 fully saturated rings. The number of hydrogen-bond acceptors (Lipinski definition) is 3. The molecule has 0 aliphatic carbocycles. The van der Waals surface area contributed by atoms with Gasteiger partial charge in [-0.3, -0.25) is 4.79 Å². The van der Waals surface area contributed by atoms with Crippen LogP contribution in [0.5, 0.6) is 0 Å². The molecule has 2 atom stereocenters. The minimum Gasteiger partial charge on any atom is -0.393 e. The number of para-hydroxylation sites is 1. The molecular weight excluding hydrogens is 216 g/mol. The smallest absolute Gasteiger partial charge is 0.239 e. The maximum atomic E-state index is 11.6. The first-order valence-electron chi connectivity index (χ1n) is 5.84. The van der Waals surface area contributed by atoms with Crippen molar-refractivity contribution in [3.63, 3.8) is 0 Å². The van der Waals surface area contributed by atoms with Crippen molar-refractivity contribution in [3.8, 4) is 0 Å². The number of carbonyl (C=O) groups is 1. The van der Waals surface area contributed by atoms with Crippen molar-refractivity contribution in [3.05, 3.63) is 30.3 Å². The first-order chi connectivity index (χ1) is 8.08. The molecule has 0 radical (unpaired) electrons. The second kappa shape index (κ2) is 6.91. The average Bonchev–Trinajstić information content (AvgIpc) is 2.26. The Kier molecular flexibility index (Phi) is 5.49. The van der Waals surface area contributed by atoms with Crippen molar-refractivity contribution in [2.75, 3.05) is 11.9 Å². The summed E-state index contributed by atoms with van der Waals surface area (Å²) in [4.78, 5) is 11.6. The minimum atomic E-state index is -0.396. The first-order valence-corrected chi connectivity index (χ1v) is 5.84. The van der Waals surface area contributed by atoms with Crippen LogP contribution in [0, 0.1) is 0 Å². The molecule has 0 aromatic heterocycles. The van der Waals surface area contributed by atoms with Crippen molar-refractivity contribution in [2.45, 2.75) is 32.4 Å². The summed E-state index contributed by atoms with van der Waals surface area (Å²) in [6.07, 6.45) is 0.171. The van der Waals surface area contributed by atoms with Gasteiger partial charge < -0.3 is 15.7 Å². The summed E-state index contributed by atoms with van der Waals surface area (Å²) in [5.41, 5.74) is 0.922. The third-order valence-corrected chi connectivity index (χ3v) is 2.33. The van der Waals surface area contributed by atoms with Gasteiger partial charge in [0.15, 0.2) is 0 Å². The lowest BCUT2D eigenvalue weighted by molar-refractivity contribution is -0.120. The molecule has 0 bridgehead atoms. The molecule has 0 saturated carbocycles. The summed E-state index contributed by atoms with van der Waals surface area (Å²) in [6.45, 7) is 3.84. The fourth-order valence-corrected chi connectivity index (χ4v) is 1.63. The predicted octanol–water partition coefficient (Wildman–Crippen LogP) is 1.37. The van der Waals surface area contributed by atoms with Gasteiger partial charge in [-0.25, -0.2) is 0 Å². The summed E-state index contributed by atoms with van der Waals surface area (Å²) in [6, 6.07) is 9.56. The monoisotopic (exact) mass is 236 g/mol. The molecule has 94 valence electrons. The zero-order valence-corrected chi connectivity index (χ0v) is 10.3. The summed E-state index contributed by atoms with van der Waals surface area (Å²) in [5, 5.41) is 15.0. The summed E-state index contributed by atoms with van der Waals surface area (Å²) in [7, 11) is 0. The number of rotatable bonds is 6. The molecule has 4 nitrogen and oxygen atoms in total. The Morgan fingerprint density at radius 1 is 1.29 bits per heavy atom. The molecule has 1 amide bonds. The van der Waals surface area contributed by atoms with Crippen molar-refractivity contribution in [1.29, 1.82) is 0 Å². The molecule has 0 aliphatic rings. The standard InChI is InChI=1S/C13H20N2O2/c1-10(8-11(2)16)15-13(17)9-14-12-6-4-3-5-7-12/h3-7,10-11,14,16H,8-9H2,1-2H3,(H,15,17). The quantitative estimate of drug-likeness (QED) is 0.699. The Bertz CT molecular complexity index is 339. The molecule has 17 heavy (non-hydrogen) atoms. The fraction of sp³-hybridized carbons (Fsp3) is 0.462. The first kappa shape index (κ1) is 13.5. The van der Waals surface area contributed by atoms with E-state index in [4.69, 9.17) is 0 Å². The zero-order chi connectivity index (χ0) is 12.7. The highest BCUT2D eigenvalue weighted by molar-refractivity contribution is 5.80. The van der Waals surface area contributed by atoms with Crippen LogP contribution in [0.25, 0.3) is 0 Å². The third kappa shape index (κ3) is 5.92. The highest BCUT2D eigenvalue weighted by Gasteiger charge is 2.09. The molecular formula is C13H20N2O2. The van der Waals surface area contributed by atoms with E-state index in [1.54, 1.807) is 6.92 Å². The van der Waals surface area contributed by atoms with E-state index in [-0.39, 0.29) is 18.5 Å². The van der Waals surface area contributed by atoms with Crippen LogP contribution in [0.1, 0.15) is 20.3 Å². The topological polar surface area (TPSA) is 61.4 Å². The number of hydrogen-bond donors (Lipinski definition) is 3. The van der Waals surface area contributed by atoms with Crippen LogP contribution in [0.2, 0.25) is 0 Å². The summed E-state index contributed by atoms with van der Waals surface area (Å²) in [5.74, 6) is -0.0676. The van der Waals surface area contributed by atoms with Crippen LogP contribution in [-0.2, 0) is 4.79 Å². The Balaban J connectivity index is 2.26. The number of benzene rings is 1. The average molecular weight is 236 g/mol. The van der Waals surface area contributed by atoms with E-state index < -0.39 is 6.10 Å². The fourth-order valence-electron chi connectivity index (χ4n) is 1.63. The Morgan fingerprint density at radius 2 is 1.94 bits per heavy atom. The van der Waals surface area contributed by atoms with Crippen LogP contribution in [0.4, 0.5) is 5.69 Å². The van der Waals surface area contributed by atoms with Gasteiger partial charge in [-0.15, -0.1) is 0 Å². The number of anilines is 1. The summed E-state index contributed by atoms with van der Waals surface area (Å²) < 4.78 is 0. The molecule has 1 aromatic rings. The van der Waals surface area contributed by atoms with Crippen LogP contribution in [-0.4, -0.2) is 29.7 Å². The van der Waals surface area contributed by atoms with Gasteiger partial charge in [0.25, 0.3) is 0 Å². The van der Waals surface area contributed by atoms with Crippen molar-refractivity contribution in [1.82, 2.24) is 5.32 Å². The van der Waals surface area contributed by atoms with Crippen molar-refractivity contribution < 1.29 is 9.90 Å². The molecule has 0 spiro atoms. The van der Waals surface area contributed by atoms with Crippen molar-refractivity contribution >= 4 is 11.6 Å². The predicted molar refractivity (Wildman–Crippen MR) is 68.8 cm³/mol. The van der Waals surface area contributed by atoms with Gasteiger partial charge in [-0.05, 0) is 32.4 Å². The van der Waals surface area contributed by atoms with Gasteiger partial charge in [0, 0.05) is 11.7 Å². The normalized spacial score (nSPS) is 13.8. The zero-order valence-electron chi connectivity index (χ0n) is 10.3. The van der Waals surface area contributed by atoms with Gasteiger partial charge in [0.05, 0.1) is 12.6 Å². The lowest BCUT2D eigenvalue weighted by Gasteiger charge is -2.15. The Hall–Kier alpha value is -1.55. The third-order valence-electron chi connectivity index (χ3n) is 2.33. The van der Waals surface area contributed by atoms with Gasteiger partial charge in [0.1, 0.15) is 0 Å². The van der Waals surface area contributed by atoms with Gasteiger partial charge in [0.2, 0.25) is 5.91 Å². The van der Waals surface area contributed by atoms with Crippen LogP contribution in [0.15, 0.2) is 30.3 Å². The lowest BCUT2D eigenvalue weighted by Crippen LogP contribution is -2.38. The number of aliphatic hydroxyl groups is 1. The van der Waals surface area contributed by atoms with E-state index in [2.05, 4.69) is 10.6 Å². The molecule has 4 heteroatoms. The van der Waals surface area contributed by atoms with E-state index in [0.717, 1.165) is 5.69 Å². The van der Waals surface area contributed by atoms with E-state index >= 15 is 0 Å². The number of nitrogens with one attached hydrogen (secondary N) is 2. The molecule has 0 heterocycles. The van der Waals surface area contributed by atoms with E-state index in [0.29, 0.717) is 6.42 Å². The number of aliphatic hydroxyl groups excluding tert-OH is 1. The molecule has 1 rings (SSSR count). The summed E-state index contributed by atoms with van der Waals surface area (Å²) >= 11 is 0. The molecule has 2 unspecified atom stereocenters. The Labute approximate surface area is 102 Å². The molecule has 3 N–H and O–H groups in total. The molecule has 0 aliphatic heterocycles.